The zero-order valence-corrected chi connectivity index (χ0v) is 20.3. The molecule has 0 saturated carbocycles. The zero-order valence-electron chi connectivity index (χ0n) is 19.5. The quantitative estimate of drug-likeness (QED) is 0.511. The highest BCUT2D eigenvalue weighted by molar-refractivity contribution is 7.95. The van der Waals surface area contributed by atoms with Crippen LogP contribution in [0.5, 0.6) is 0 Å². The average Bonchev–Trinajstić information content (AvgIpc) is 3.36. The minimum Gasteiger partial charge on any atom is -0.450 e. The van der Waals surface area contributed by atoms with E-state index in [-0.39, 0.29) is 6.04 Å². The van der Waals surface area contributed by atoms with Crippen LogP contribution in [-0.2, 0) is 10.2 Å². The van der Waals surface area contributed by atoms with Crippen LogP contribution in [0.2, 0.25) is 0 Å². The Morgan fingerprint density at radius 3 is 2.32 bits per heavy atom. The monoisotopic (exact) mass is 490 g/mol. The van der Waals surface area contributed by atoms with Gasteiger partial charge in [-0.1, -0.05) is 50.1 Å². The molecule has 1 fully saturated rings. The summed E-state index contributed by atoms with van der Waals surface area (Å²) in [6, 6.07) is 17.1. The first-order valence-corrected chi connectivity index (χ1v) is 13.0. The van der Waals surface area contributed by atoms with Gasteiger partial charge < -0.3 is 20.8 Å². The van der Waals surface area contributed by atoms with Gasteiger partial charge >= 0.3 is 16.4 Å². The number of nitrogens with two attached hydrogens (primary N) is 1. The Balaban J connectivity index is 0.000000751. The van der Waals surface area contributed by atoms with Crippen molar-refractivity contribution in [3.8, 4) is 0 Å². The van der Waals surface area contributed by atoms with E-state index < -0.39 is 16.4 Å². The van der Waals surface area contributed by atoms with Gasteiger partial charge in [0.15, 0.2) is 0 Å². The van der Waals surface area contributed by atoms with Gasteiger partial charge in [-0.2, -0.15) is 8.42 Å². The van der Waals surface area contributed by atoms with Crippen molar-refractivity contribution in [2.24, 2.45) is 11.7 Å². The molecule has 2 unspecified atom stereocenters. The van der Waals surface area contributed by atoms with Crippen molar-refractivity contribution in [3.63, 3.8) is 0 Å². The van der Waals surface area contributed by atoms with E-state index in [0.717, 1.165) is 31.6 Å². The van der Waals surface area contributed by atoms with Gasteiger partial charge in [0.05, 0.1) is 17.1 Å². The average molecular weight is 491 g/mol. The number of unbranched alkanes of at least 4 members (excludes halogenated alkanes) is 1. The van der Waals surface area contributed by atoms with E-state index in [9.17, 15) is 8.42 Å². The fourth-order valence-electron chi connectivity index (χ4n) is 4.59. The first-order chi connectivity index (χ1) is 16.3. The highest BCUT2D eigenvalue weighted by Gasteiger charge is 2.41. The zero-order chi connectivity index (χ0) is 24.7. The molecule has 0 spiro atoms. The maximum atomic E-state index is 13.5. The van der Waals surface area contributed by atoms with Crippen LogP contribution in [0.3, 0.4) is 0 Å². The molecule has 4 N–H and O–H groups in total. The van der Waals surface area contributed by atoms with Crippen molar-refractivity contribution in [2.45, 2.75) is 38.6 Å². The van der Waals surface area contributed by atoms with Gasteiger partial charge in [-0.25, -0.2) is 13.4 Å². The molecule has 2 aliphatic rings. The second-order valence-corrected chi connectivity index (χ2v) is 10.3. The largest absolute Gasteiger partial charge is 0.503 e. The van der Waals surface area contributed by atoms with Crippen LogP contribution in [0, 0.1) is 5.92 Å². The van der Waals surface area contributed by atoms with E-state index in [0.29, 0.717) is 30.4 Å². The lowest BCUT2D eigenvalue weighted by molar-refractivity contribution is 0.137. The van der Waals surface area contributed by atoms with Gasteiger partial charge in [0.25, 0.3) is 0 Å². The van der Waals surface area contributed by atoms with Gasteiger partial charge in [-0.15, -0.1) is 0 Å². The van der Waals surface area contributed by atoms with Crippen LogP contribution < -0.4 is 14.3 Å². The van der Waals surface area contributed by atoms with Crippen molar-refractivity contribution < 1.29 is 23.4 Å². The first kappa shape index (κ1) is 25.8. The van der Waals surface area contributed by atoms with E-state index in [2.05, 4.69) is 11.8 Å². The normalized spacial score (nSPS) is 19.9. The Morgan fingerprint density at radius 2 is 1.68 bits per heavy atom. The molecule has 186 valence electrons. The van der Waals surface area contributed by atoms with Crippen LogP contribution in [0.15, 0.2) is 54.6 Å². The van der Waals surface area contributed by atoms with Gasteiger partial charge in [0, 0.05) is 25.7 Å². The molecular weight excluding hydrogens is 456 g/mol. The molecule has 2 atom stereocenters. The summed E-state index contributed by atoms with van der Waals surface area (Å²) < 4.78 is 29.9. The number of carboxylic acid groups (broad SMARTS) is 2. The minimum atomic E-state index is -3.66. The molecule has 0 aromatic heterocycles. The molecule has 10 heteroatoms. The molecule has 0 radical (unpaired) electrons. The van der Waals surface area contributed by atoms with Gasteiger partial charge in [-0.05, 0) is 49.6 Å². The van der Waals surface area contributed by atoms with E-state index in [1.54, 1.807) is 4.31 Å². The molecule has 0 bridgehead atoms. The third-order valence-corrected chi connectivity index (χ3v) is 8.10. The number of nitrogens with zero attached hydrogens (tertiary/aromatic N) is 3. The highest BCUT2D eigenvalue weighted by atomic mass is 32.2. The number of hydrogen-bond donors (Lipinski definition) is 3. The third-order valence-electron chi connectivity index (χ3n) is 6.29. The number of benzene rings is 2. The smallest absolute Gasteiger partial charge is 0.450 e. The van der Waals surface area contributed by atoms with Crippen molar-refractivity contribution in [1.82, 2.24) is 4.90 Å². The summed E-state index contributed by atoms with van der Waals surface area (Å²) in [6.07, 6.45) is 2.70. The van der Waals surface area contributed by atoms with E-state index in [4.69, 9.17) is 20.7 Å². The summed E-state index contributed by atoms with van der Waals surface area (Å²) in [6.45, 7) is 5.30. The lowest BCUT2D eigenvalue weighted by Gasteiger charge is -2.25. The van der Waals surface area contributed by atoms with Crippen molar-refractivity contribution in [2.75, 3.05) is 34.8 Å². The summed E-state index contributed by atoms with van der Waals surface area (Å²) in [5.41, 5.74) is 8.52. The predicted molar refractivity (Wildman–Crippen MR) is 134 cm³/mol. The van der Waals surface area contributed by atoms with Crippen molar-refractivity contribution in [1.29, 1.82) is 0 Å². The van der Waals surface area contributed by atoms with Crippen LogP contribution in [0.4, 0.5) is 21.9 Å². The van der Waals surface area contributed by atoms with E-state index in [1.807, 2.05) is 54.6 Å². The Hall–Kier alpha value is -2.82. The maximum absolute atomic E-state index is 13.5. The molecule has 34 heavy (non-hydrogen) atoms. The van der Waals surface area contributed by atoms with E-state index in [1.165, 1.54) is 17.1 Å². The summed E-state index contributed by atoms with van der Waals surface area (Å²) in [4.78, 5) is 10.9. The molecule has 2 aliphatic heterocycles. The van der Waals surface area contributed by atoms with Crippen molar-refractivity contribution in [3.05, 3.63) is 54.6 Å². The standard InChI is InChI=1S/C23H32N4O2S.CH2O3/c1-2-3-11-21(24)19-14-15-25(18-19)16-17-26-22-12-7-8-13-23(22)27(30(26,28)29)20-9-5-4-6-10-20;2-1(3)4/h4-10,12-13,19,21H,2-3,11,14-18,24H2,1H3;(H2,2,3,4). The Morgan fingerprint density at radius 1 is 1.06 bits per heavy atom. The molecule has 0 amide bonds. The van der Waals surface area contributed by atoms with Crippen LogP contribution in [0.1, 0.15) is 32.6 Å². The molecule has 2 aromatic rings. The van der Waals surface area contributed by atoms with Crippen molar-refractivity contribution >= 4 is 33.4 Å². The minimum absolute atomic E-state index is 0.250. The summed E-state index contributed by atoms with van der Waals surface area (Å²) in [5.74, 6) is 0.514. The number of para-hydroxylation sites is 3. The Kier molecular flexibility index (Phi) is 8.76. The molecular formula is C24H34N4O5S. The Labute approximate surface area is 201 Å². The molecule has 2 aromatic carbocycles. The molecule has 0 aliphatic carbocycles. The number of likely N-dealkylation sites (tertiary alicyclic amines) is 1. The highest BCUT2D eigenvalue weighted by Crippen LogP contribution is 2.44. The van der Waals surface area contributed by atoms with Crippen LogP contribution in [-0.4, -0.2) is 61.9 Å². The Bertz CT molecular complexity index is 1050. The number of rotatable bonds is 8. The lowest BCUT2D eigenvalue weighted by Crippen LogP contribution is -2.40. The fraction of sp³-hybridized carbons (Fsp3) is 0.458. The van der Waals surface area contributed by atoms with Gasteiger partial charge in [0.1, 0.15) is 0 Å². The maximum Gasteiger partial charge on any atom is 0.503 e. The van der Waals surface area contributed by atoms with Crippen LogP contribution in [0.25, 0.3) is 0 Å². The van der Waals surface area contributed by atoms with E-state index >= 15 is 0 Å². The number of hydrogen-bond acceptors (Lipinski definition) is 5. The molecule has 4 rings (SSSR count). The molecule has 1 saturated heterocycles. The van der Waals surface area contributed by atoms with Gasteiger partial charge in [0.2, 0.25) is 0 Å². The second kappa shape index (κ2) is 11.5. The molecule has 2 heterocycles. The summed E-state index contributed by atoms with van der Waals surface area (Å²) >= 11 is 0. The second-order valence-electron chi connectivity index (χ2n) is 8.61. The topological polar surface area (TPSA) is 127 Å². The number of fused-ring (bicyclic) bond motifs is 1. The third kappa shape index (κ3) is 5.99. The predicted octanol–water partition coefficient (Wildman–Crippen LogP) is 3.95. The molecule has 9 nitrogen and oxygen atoms in total. The first-order valence-electron chi connectivity index (χ1n) is 11.6. The lowest BCUT2D eigenvalue weighted by atomic mass is 9.95. The van der Waals surface area contributed by atoms with Gasteiger partial charge in [-0.3, -0.25) is 0 Å². The summed E-state index contributed by atoms with van der Waals surface area (Å²) in [7, 11) is -3.66. The number of anilines is 3. The summed E-state index contributed by atoms with van der Waals surface area (Å²) in [5, 5.41) is 13.9. The SMILES string of the molecule is CCCCC(N)C1CCN(CCN2c3ccccc3N(c3ccccc3)S2(=O)=O)C1.O=C(O)O. The van der Waals surface area contributed by atoms with Crippen LogP contribution >= 0.6 is 0 Å². The fourth-order valence-corrected chi connectivity index (χ4v) is 6.29. The number of carbonyl (C=O) groups is 1.